The van der Waals surface area contributed by atoms with E-state index in [0.717, 1.165) is 24.4 Å². The molecule has 1 aliphatic heterocycles. The molecule has 21 heavy (non-hydrogen) atoms. The van der Waals surface area contributed by atoms with Crippen LogP contribution in [0.15, 0.2) is 30.3 Å². The second kappa shape index (κ2) is 6.93. The zero-order chi connectivity index (χ0) is 14.7. The molecule has 0 spiro atoms. The quantitative estimate of drug-likeness (QED) is 0.884. The third kappa shape index (κ3) is 3.87. The van der Waals surface area contributed by atoms with Crippen molar-refractivity contribution in [3.8, 4) is 0 Å². The molecule has 0 amide bonds. The molecule has 3 rings (SSSR count). The Morgan fingerprint density at radius 1 is 1.19 bits per heavy atom. The summed E-state index contributed by atoms with van der Waals surface area (Å²) in [5.74, 6) is 1.75. The van der Waals surface area contributed by atoms with Gasteiger partial charge in [-0.1, -0.05) is 50.6 Å². The number of hydrogen-bond acceptors (Lipinski definition) is 2. The van der Waals surface area contributed by atoms with E-state index in [0.29, 0.717) is 6.04 Å². The van der Waals surface area contributed by atoms with Gasteiger partial charge in [-0.2, -0.15) is 0 Å². The minimum Gasteiger partial charge on any atom is -0.307 e. The van der Waals surface area contributed by atoms with Crippen molar-refractivity contribution in [1.82, 2.24) is 10.2 Å². The van der Waals surface area contributed by atoms with Crippen LogP contribution in [0.4, 0.5) is 0 Å². The number of nitrogens with one attached hydrogen (secondary N) is 1. The summed E-state index contributed by atoms with van der Waals surface area (Å²) in [7, 11) is 0. The molecule has 1 aromatic rings. The molecule has 2 heteroatoms. The standard InChI is InChI=1S/C19H30N2/c1-15(2)11-18-12-20-19(17-9-4-3-5-10-17)14-21(18)13-16-7-6-8-16/h3-5,9-10,15-16,18-20H,6-8,11-14H2,1-2H3. The zero-order valence-corrected chi connectivity index (χ0v) is 13.6. The van der Waals surface area contributed by atoms with Crippen LogP contribution in [-0.4, -0.2) is 30.6 Å². The Labute approximate surface area is 129 Å². The summed E-state index contributed by atoms with van der Waals surface area (Å²) in [5.41, 5.74) is 1.44. The summed E-state index contributed by atoms with van der Waals surface area (Å²) < 4.78 is 0. The maximum Gasteiger partial charge on any atom is 0.0449 e. The van der Waals surface area contributed by atoms with Crippen molar-refractivity contribution >= 4 is 0 Å². The lowest BCUT2D eigenvalue weighted by molar-refractivity contribution is 0.0774. The van der Waals surface area contributed by atoms with Crippen LogP contribution in [0.2, 0.25) is 0 Å². The van der Waals surface area contributed by atoms with Crippen molar-refractivity contribution in [2.24, 2.45) is 11.8 Å². The monoisotopic (exact) mass is 286 g/mol. The molecule has 2 nitrogen and oxygen atoms in total. The van der Waals surface area contributed by atoms with Crippen LogP contribution >= 0.6 is 0 Å². The molecule has 0 radical (unpaired) electrons. The zero-order valence-electron chi connectivity index (χ0n) is 13.6. The first-order valence-electron chi connectivity index (χ1n) is 8.74. The van der Waals surface area contributed by atoms with Gasteiger partial charge in [0.15, 0.2) is 0 Å². The molecular weight excluding hydrogens is 256 g/mol. The molecule has 1 N–H and O–H groups in total. The highest BCUT2D eigenvalue weighted by Crippen LogP contribution is 2.30. The minimum absolute atomic E-state index is 0.509. The predicted molar refractivity (Wildman–Crippen MR) is 89.3 cm³/mol. The van der Waals surface area contributed by atoms with Crippen LogP contribution in [-0.2, 0) is 0 Å². The number of rotatable bonds is 5. The molecule has 2 unspecified atom stereocenters. The fraction of sp³-hybridized carbons (Fsp3) is 0.684. The van der Waals surface area contributed by atoms with Gasteiger partial charge in [0.25, 0.3) is 0 Å². The van der Waals surface area contributed by atoms with E-state index in [2.05, 4.69) is 54.4 Å². The Hall–Kier alpha value is -0.860. The van der Waals surface area contributed by atoms with Crippen LogP contribution in [0.1, 0.15) is 51.1 Å². The van der Waals surface area contributed by atoms with Crippen LogP contribution in [0.5, 0.6) is 0 Å². The average molecular weight is 286 g/mol. The molecule has 1 saturated carbocycles. The lowest BCUT2D eigenvalue weighted by atomic mass is 9.84. The third-order valence-corrected chi connectivity index (χ3v) is 5.20. The number of benzene rings is 1. The molecular formula is C19H30N2. The van der Waals surface area contributed by atoms with E-state index in [-0.39, 0.29) is 0 Å². The molecule has 2 aliphatic rings. The smallest absolute Gasteiger partial charge is 0.0449 e. The fourth-order valence-corrected chi connectivity index (χ4v) is 3.77. The van der Waals surface area contributed by atoms with Crippen molar-refractivity contribution in [3.05, 3.63) is 35.9 Å². The van der Waals surface area contributed by atoms with Gasteiger partial charge in [0.05, 0.1) is 0 Å². The third-order valence-electron chi connectivity index (χ3n) is 5.20. The molecule has 1 heterocycles. The largest absolute Gasteiger partial charge is 0.307 e. The van der Waals surface area contributed by atoms with Crippen LogP contribution < -0.4 is 5.32 Å². The number of piperazine rings is 1. The number of hydrogen-bond donors (Lipinski definition) is 1. The summed E-state index contributed by atoms with van der Waals surface area (Å²) in [5, 5.41) is 3.79. The minimum atomic E-state index is 0.509. The highest BCUT2D eigenvalue weighted by atomic mass is 15.2. The van der Waals surface area contributed by atoms with Crippen molar-refractivity contribution < 1.29 is 0 Å². The Morgan fingerprint density at radius 3 is 2.57 bits per heavy atom. The molecule has 0 bridgehead atoms. The second-order valence-electron chi connectivity index (χ2n) is 7.41. The Morgan fingerprint density at radius 2 is 1.95 bits per heavy atom. The average Bonchev–Trinajstić information content (AvgIpc) is 2.44. The maximum absolute atomic E-state index is 3.79. The van der Waals surface area contributed by atoms with Gasteiger partial charge in [0.2, 0.25) is 0 Å². The topological polar surface area (TPSA) is 15.3 Å². The van der Waals surface area contributed by atoms with E-state index in [1.807, 2.05) is 0 Å². The fourth-order valence-electron chi connectivity index (χ4n) is 3.77. The van der Waals surface area contributed by atoms with E-state index in [1.165, 1.54) is 44.3 Å². The summed E-state index contributed by atoms with van der Waals surface area (Å²) in [6.45, 7) is 8.35. The van der Waals surface area contributed by atoms with Gasteiger partial charge < -0.3 is 5.32 Å². The van der Waals surface area contributed by atoms with E-state index >= 15 is 0 Å². The maximum atomic E-state index is 3.79. The van der Waals surface area contributed by atoms with Gasteiger partial charge in [-0.05, 0) is 36.7 Å². The summed E-state index contributed by atoms with van der Waals surface area (Å²) in [6.07, 6.45) is 5.68. The first kappa shape index (κ1) is 15.1. The van der Waals surface area contributed by atoms with E-state index in [1.54, 1.807) is 0 Å². The first-order valence-corrected chi connectivity index (χ1v) is 8.74. The van der Waals surface area contributed by atoms with E-state index < -0.39 is 0 Å². The molecule has 1 aliphatic carbocycles. The highest BCUT2D eigenvalue weighted by Gasteiger charge is 2.31. The SMILES string of the molecule is CC(C)CC1CNC(c2ccccc2)CN1CC1CCC1. The van der Waals surface area contributed by atoms with Crippen LogP contribution in [0, 0.1) is 11.8 Å². The van der Waals surface area contributed by atoms with Crippen LogP contribution in [0.3, 0.4) is 0 Å². The Bertz CT molecular complexity index is 424. The van der Waals surface area contributed by atoms with Gasteiger partial charge in [0, 0.05) is 31.7 Å². The summed E-state index contributed by atoms with van der Waals surface area (Å²) >= 11 is 0. The lowest BCUT2D eigenvalue weighted by Gasteiger charge is -2.44. The van der Waals surface area contributed by atoms with E-state index in [4.69, 9.17) is 0 Å². The molecule has 2 fully saturated rings. The number of nitrogens with zero attached hydrogens (tertiary/aromatic N) is 1. The first-order chi connectivity index (χ1) is 10.2. The lowest BCUT2D eigenvalue weighted by Crippen LogP contribution is -2.54. The summed E-state index contributed by atoms with van der Waals surface area (Å²) in [6, 6.07) is 12.2. The van der Waals surface area contributed by atoms with Gasteiger partial charge in [0.1, 0.15) is 0 Å². The predicted octanol–water partition coefficient (Wildman–Crippen LogP) is 3.85. The molecule has 0 aromatic heterocycles. The van der Waals surface area contributed by atoms with Crippen molar-refractivity contribution in [2.75, 3.05) is 19.6 Å². The van der Waals surface area contributed by atoms with Crippen molar-refractivity contribution in [2.45, 2.75) is 51.6 Å². The molecule has 1 saturated heterocycles. The van der Waals surface area contributed by atoms with E-state index in [9.17, 15) is 0 Å². The van der Waals surface area contributed by atoms with Gasteiger partial charge in [-0.25, -0.2) is 0 Å². The molecule has 116 valence electrons. The summed E-state index contributed by atoms with van der Waals surface area (Å²) in [4.78, 5) is 2.79. The van der Waals surface area contributed by atoms with Gasteiger partial charge in [-0.15, -0.1) is 0 Å². The second-order valence-corrected chi connectivity index (χ2v) is 7.41. The van der Waals surface area contributed by atoms with Gasteiger partial charge in [-0.3, -0.25) is 4.90 Å². The highest BCUT2D eigenvalue weighted by molar-refractivity contribution is 5.20. The van der Waals surface area contributed by atoms with Crippen molar-refractivity contribution in [1.29, 1.82) is 0 Å². The van der Waals surface area contributed by atoms with Crippen molar-refractivity contribution in [3.63, 3.8) is 0 Å². The molecule has 2 atom stereocenters. The Kier molecular flexibility index (Phi) is 4.97. The van der Waals surface area contributed by atoms with Crippen LogP contribution in [0.25, 0.3) is 0 Å². The molecule has 1 aromatic carbocycles. The Balaban J connectivity index is 1.66. The normalized spacial score (nSPS) is 27.8. The van der Waals surface area contributed by atoms with Gasteiger partial charge >= 0.3 is 0 Å².